The second-order valence-electron chi connectivity index (χ2n) is 5.24. The SMILES string of the molecule is Cc1cccc(NC(N)=NCc2cc(-c3ccccc3)on2)c1.I. The molecule has 0 spiro atoms. The molecule has 0 radical (unpaired) electrons. The molecule has 124 valence electrons. The third-order valence-electron chi connectivity index (χ3n) is 3.32. The first-order chi connectivity index (χ1) is 11.2. The summed E-state index contributed by atoms with van der Waals surface area (Å²) in [7, 11) is 0. The Balaban J connectivity index is 0.00000208. The number of hydrogen-bond acceptors (Lipinski definition) is 3. The van der Waals surface area contributed by atoms with E-state index >= 15 is 0 Å². The lowest BCUT2D eigenvalue weighted by Crippen LogP contribution is -2.22. The number of hydrogen-bond donors (Lipinski definition) is 2. The Bertz CT molecular complexity index is 815. The molecule has 3 N–H and O–H groups in total. The van der Waals surface area contributed by atoms with Crippen LogP contribution in [0.1, 0.15) is 11.3 Å². The first-order valence-corrected chi connectivity index (χ1v) is 7.35. The van der Waals surface area contributed by atoms with Gasteiger partial charge in [-0.15, -0.1) is 24.0 Å². The lowest BCUT2D eigenvalue weighted by molar-refractivity contribution is 0.424. The van der Waals surface area contributed by atoms with Gasteiger partial charge in [0.05, 0.1) is 6.54 Å². The smallest absolute Gasteiger partial charge is 0.193 e. The molecule has 0 saturated heterocycles. The molecule has 0 aliphatic rings. The van der Waals surface area contributed by atoms with Crippen molar-refractivity contribution in [2.24, 2.45) is 10.7 Å². The van der Waals surface area contributed by atoms with Crippen LogP contribution in [0.3, 0.4) is 0 Å². The summed E-state index contributed by atoms with van der Waals surface area (Å²) in [6.07, 6.45) is 0. The van der Waals surface area contributed by atoms with Gasteiger partial charge in [-0.1, -0.05) is 47.6 Å². The van der Waals surface area contributed by atoms with Crippen LogP contribution in [0, 0.1) is 6.92 Å². The molecule has 1 heterocycles. The van der Waals surface area contributed by atoms with Gasteiger partial charge in [0.1, 0.15) is 5.69 Å². The first kappa shape index (κ1) is 18.0. The van der Waals surface area contributed by atoms with E-state index < -0.39 is 0 Å². The van der Waals surface area contributed by atoms with Crippen molar-refractivity contribution in [3.8, 4) is 11.3 Å². The predicted molar refractivity (Wildman–Crippen MR) is 107 cm³/mol. The summed E-state index contributed by atoms with van der Waals surface area (Å²) in [6, 6.07) is 19.6. The van der Waals surface area contributed by atoms with Crippen molar-refractivity contribution in [2.45, 2.75) is 13.5 Å². The Morgan fingerprint density at radius 1 is 1.12 bits per heavy atom. The summed E-state index contributed by atoms with van der Waals surface area (Å²) in [4.78, 5) is 4.29. The highest BCUT2D eigenvalue weighted by Crippen LogP contribution is 2.20. The van der Waals surface area contributed by atoms with Crippen LogP contribution in [-0.4, -0.2) is 11.1 Å². The number of halogens is 1. The molecule has 3 aromatic rings. The molecule has 0 bridgehead atoms. The van der Waals surface area contributed by atoms with Gasteiger partial charge in [0.25, 0.3) is 0 Å². The van der Waals surface area contributed by atoms with Gasteiger partial charge in [0.15, 0.2) is 11.7 Å². The second-order valence-corrected chi connectivity index (χ2v) is 5.24. The normalized spacial score (nSPS) is 11.0. The second kappa shape index (κ2) is 8.49. The van der Waals surface area contributed by atoms with E-state index in [1.54, 1.807) is 0 Å². The third-order valence-corrected chi connectivity index (χ3v) is 3.32. The molecule has 0 saturated carbocycles. The number of guanidine groups is 1. The van der Waals surface area contributed by atoms with E-state index in [-0.39, 0.29) is 24.0 Å². The fourth-order valence-corrected chi connectivity index (χ4v) is 2.20. The first-order valence-electron chi connectivity index (χ1n) is 7.35. The Labute approximate surface area is 158 Å². The molecule has 2 aromatic carbocycles. The summed E-state index contributed by atoms with van der Waals surface area (Å²) in [5.41, 5.74) is 9.70. The number of nitrogens with two attached hydrogens (primary N) is 1. The maximum Gasteiger partial charge on any atom is 0.193 e. The van der Waals surface area contributed by atoms with Crippen molar-refractivity contribution < 1.29 is 4.52 Å². The highest BCUT2D eigenvalue weighted by Gasteiger charge is 2.06. The van der Waals surface area contributed by atoms with Crippen molar-refractivity contribution in [1.29, 1.82) is 0 Å². The molecule has 6 heteroatoms. The largest absolute Gasteiger partial charge is 0.370 e. The minimum Gasteiger partial charge on any atom is -0.370 e. The molecule has 0 unspecified atom stereocenters. The van der Waals surface area contributed by atoms with E-state index in [4.69, 9.17) is 10.3 Å². The number of aliphatic imine (C=N–C) groups is 1. The fraction of sp³-hybridized carbons (Fsp3) is 0.111. The number of nitrogens with zero attached hydrogens (tertiary/aromatic N) is 2. The Morgan fingerprint density at radius 3 is 2.67 bits per heavy atom. The summed E-state index contributed by atoms with van der Waals surface area (Å²) in [5, 5.41) is 7.08. The summed E-state index contributed by atoms with van der Waals surface area (Å²) in [5.74, 6) is 1.07. The van der Waals surface area contributed by atoms with Crippen molar-refractivity contribution in [3.05, 3.63) is 71.9 Å². The number of aromatic nitrogens is 1. The van der Waals surface area contributed by atoms with Gasteiger partial charge in [-0.25, -0.2) is 4.99 Å². The van der Waals surface area contributed by atoms with Crippen LogP contribution in [0.2, 0.25) is 0 Å². The van der Waals surface area contributed by atoms with Crippen LogP contribution in [0.4, 0.5) is 5.69 Å². The van der Waals surface area contributed by atoms with Crippen molar-refractivity contribution in [1.82, 2.24) is 5.16 Å². The molecule has 5 nitrogen and oxygen atoms in total. The van der Waals surface area contributed by atoms with E-state index in [0.29, 0.717) is 12.5 Å². The molecule has 3 rings (SSSR count). The quantitative estimate of drug-likeness (QED) is 0.367. The van der Waals surface area contributed by atoms with Crippen LogP contribution in [-0.2, 0) is 6.54 Å². The zero-order valence-electron chi connectivity index (χ0n) is 13.3. The molecule has 0 aliphatic heterocycles. The number of nitrogens with one attached hydrogen (secondary N) is 1. The summed E-state index contributed by atoms with van der Waals surface area (Å²) >= 11 is 0. The summed E-state index contributed by atoms with van der Waals surface area (Å²) < 4.78 is 5.34. The van der Waals surface area contributed by atoms with E-state index in [0.717, 1.165) is 28.3 Å². The average Bonchev–Trinajstić information content (AvgIpc) is 3.03. The molecule has 1 aromatic heterocycles. The maximum absolute atomic E-state index is 5.90. The van der Waals surface area contributed by atoms with Gasteiger partial charge in [-0.05, 0) is 24.6 Å². The zero-order valence-corrected chi connectivity index (χ0v) is 15.6. The molecule has 24 heavy (non-hydrogen) atoms. The highest BCUT2D eigenvalue weighted by molar-refractivity contribution is 14.0. The number of rotatable bonds is 4. The van der Waals surface area contributed by atoms with Crippen LogP contribution in [0.25, 0.3) is 11.3 Å². The molecule has 0 amide bonds. The minimum absolute atomic E-state index is 0. The van der Waals surface area contributed by atoms with Gasteiger partial charge in [-0.2, -0.15) is 0 Å². The highest BCUT2D eigenvalue weighted by atomic mass is 127. The van der Waals surface area contributed by atoms with E-state index in [1.165, 1.54) is 0 Å². The van der Waals surface area contributed by atoms with Gasteiger partial charge in [0.2, 0.25) is 0 Å². The van der Waals surface area contributed by atoms with Crippen molar-refractivity contribution in [2.75, 3.05) is 5.32 Å². The average molecular weight is 434 g/mol. The van der Waals surface area contributed by atoms with Crippen molar-refractivity contribution >= 4 is 35.6 Å². The molecule has 0 atom stereocenters. The molecule has 0 aliphatic carbocycles. The Kier molecular flexibility index (Phi) is 6.36. The van der Waals surface area contributed by atoms with Crippen LogP contribution in [0.15, 0.2) is 70.2 Å². The molecular weight excluding hydrogens is 415 g/mol. The van der Waals surface area contributed by atoms with Crippen LogP contribution >= 0.6 is 24.0 Å². The standard InChI is InChI=1S/C18H18N4O.HI/c1-13-6-5-9-15(10-13)21-18(19)20-12-16-11-17(23-22-16)14-7-3-2-4-8-14;/h2-11H,12H2,1H3,(H3,19,20,21);1H. The maximum atomic E-state index is 5.90. The number of benzene rings is 2. The predicted octanol–water partition coefficient (Wildman–Crippen LogP) is 4.19. The van der Waals surface area contributed by atoms with Crippen molar-refractivity contribution in [3.63, 3.8) is 0 Å². The lowest BCUT2D eigenvalue weighted by atomic mass is 10.2. The number of anilines is 1. The monoisotopic (exact) mass is 434 g/mol. The van der Waals surface area contributed by atoms with Gasteiger partial charge >= 0.3 is 0 Å². The fourth-order valence-electron chi connectivity index (χ4n) is 2.20. The summed E-state index contributed by atoms with van der Waals surface area (Å²) in [6.45, 7) is 2.39. The lowest BCUT2D eigenvalue weighted by Gasteiger charge is -2.05. The van der Waals surface area contributed by atoms with Gasteiger partial charge in [-0.3, -0.25) is 0 Å². The van der Waals surface area contributed by atoms with E-state index in [2.05, 4.69) is 15.5 Å². The molecule has 0 fully saturated rings. The van der Waals surface area contributed by atoms with Crippen LogP contribution < -0.4 is 11.1 Å². The zero-order chi connectivity index (χ0) is 16.1. The number of aryl methyl sites for hydroxylation is 1. The Hall–Kier alpha value is -2.35. The Morgan fingerprint density at radius 2 is 1.92 bits per heavy atom. The minimum atomic E-state index is 0. The third kappa shape index (κ3) is 4.82. The topological polar surface area (TPSA) is 76.4 Å². The van der Waals surface area contributed by atoms with Gasteiger partial charge in [0, 0.05) is 17.3 Å². The molecular formula is C18H19IN4O. The van der Waals surface area contributed by atoms with Gasteiger partial charge < -0.3 is 15.6 Å². The van der Waals surface area contributed by atoms with E-state index in [1.807, 2.05) is 67.6 Å². The van der Waals surface area contributed by atoms with E-state index in [9.17, 15) is 0 Å². The van der Waals surface area contributed by atoms with Crippen LogP contribution in [0.5, 0.6) is 0 Å².